The summed E-state index contributed by atoms with van der Waals surface area (Å²) in [5, 5.41) is 0. The highest BCUT2D eigenvalue weighted by atomic mass is 32.2. The van der Waals surface area contributed by atoms with Crippen LogP contribution in [0.1, 0.15) is 11.1 Å². The fraction of sp³-hybridized carbons (Fsp3) is 0.250. The Morgan fingerprint density at radius 2 is 0.955 bits per heavy atom. The minimum absolute atomic E-state index is 0.140. The first-order valence-electron chi connectivity index (χ1n) is 6.62. The molecule has 0 amide bonds. The molecule has 0 saturated heterocycles. The zero-order chi connectivity index (χ0) is 16.7. The summed E-state index contributed by atoms with van der Waals surface area (Å²) in [5.41, 5.74) is 2.43. The lowest BCUT2D eigenvalue weighted by Gasteiger charge is -2.13. The topological polar surface area (TPSA) is 68.3 Å². The largest absolute Gasteiger partial charge is 0.224 e. The van der Waals surface area contributed by atoms with Crippen LogP contribution in [-0.2, 0) is 19.7 Å². The van der Waals surface area contributed by atoms with Crippen LogP contribution < -0.4 is 0 Å². The fourth-order valence-electron chi connectivity index (χ4n) is 2.32. The van der Waals surface area contributed by atoms with E-state index in [1.807, 2.05) is 0 Å². The lowest BCUT2D eigenvalue weighted by Crippen LogP contribution is -2.05. The normalized spacial score (nSPS) is 12.4. The average Bonchev–Trinajstić information content (AvgIpc) is 2.37. The van der Waals surface area contributed by atoms with Gasteiger partial charge in [0, 0.05) is 23.6 Å². The molecular formula is C16H18O4S2. The molecule has 0 N–H and O–H groups in total. The third-order valence-electron chi connectivity index (χ3n) is 3.36. The zero-order valence-corrected chi connectivity index (χ0v) is 14.5. The predicted molar refractivity (Wildman–Crippen MR) is 87.6 cm³/mol. The molecule has 0 heterocycles. The summed E-state index contributed by atoms with van der Waals surface area (Å²) in [6.07, 6.45) is 2.25. The second-order valence-electron chi connectivity index (χ2n) is 5.54. The first-order valence-corrected chi connectivity index (χ1v) is 10.4. The van der Waals surface area contributed by atoms with Gasteiger partial charge in [-0.25, -0.2) is 16.8 Å². The maximum Gasteiger partial charge on any atom is 0.176 e. The minimum atomic E-state index is -3.47. The highest BCUT2D eigenvalue weighted by molar-refractivity contribution is 7.91. The van der Waals surface area contributed by atoms with Crippen LogP contribution in [0.15, 0.2) is 46.2 Å². The Morgan fingerprint density at radius 3 is 1.23 bits per heavy atom. The maximum absolute atomic E-state index is 12.1. The molecule has 0 aliphatic rings. The predicted octanol–water partition coefficient (Wildman–Crippen LogP) is 2.78. The molecule has 0 atom stereocenters. The van der Waals surface area contributed by atoms with Crippen molar-refractivity contribution >= 4 is 19.7 Å². The van der Waals surface area contributed by atoms with Gasteiger partial charge in [0.2, 0.25) is 0 Å². The Labute approximate surface area is 131 Å². The van der Waals surface area contributed by atoms with E-state index in [-0.39, 0.29) is 9.79 Å². The van der Waals surface area contributed by atoms with Crippen molar-refractivity contribution in [2.45, 2.75) is 23.6 Å². The van der Waals surface area contributed by atoms with Gasteiger partial charge >= 0.3 is 0 Å². The summed E-state index contributed by atoms with van der Waals surface area (Å²) < 4.78 is 48.2. The Kier molecular flexibility index (Phi) is 4.19. The summed E-state index contributed by atoms with van der Waals surface area (Å²) in [4.78, 5) is 0.280. The summed E-state index contributed by atoms with van der Waals surface area (Å²) in [6.45, 7) is 3.59. The van der Waals surface area contributed by atoms with Gasteiger partial charge in [0.25, 0.3) is 0 Å². The molecule has 0 spiro atoms. The first kappa shape index (κ1) is 16.7. The quantitative estimate of drug-likeness (QED) is 0.863. The number of hydrogen-bond acceptors (Lipinski definition) is 4. The summed E-state index contributed by atoms with van der Waals surface area (Å²) in [7, 11) is -6.94. The summed E-state index contributed by atoms with van der Waals surface area (Å²) >= 11 is 0. The number of sulfone groups is 2. The Bertz CT molecular complexity index is 861. The monoisotopic (exact) mass is 338 g/mol. The van der Waals surface area contributed by atoms with Crippen LogP contribution in [0, 0.1) is 13.8 Å². The fourth-order valence-corrected chi connectivity index (χ4v) is 4.27. The van der Waals surface area contributed by atoms with Crippen LogP contribution in [0.5, 0.6) is 0 Å². The van der Waals surface area contributed by atoms with E-state index in [1.54, 1.807) is 50.2 Å². The Balaban J connectivity index is 2.90. The molecule has 0 radical (unpaired) electrons. The molecule has 6 heteroatoms. The molecule has 0 aliphatic heterocycles. The molecule has 2 rings (SSSR count). The van der Waals surface area contributed by atoms with Gasteiger partial charge < -0.3 is 0 Å². The molecule has 118 valence electrons. The molecule has 0 fully saturated rings. The van der Waals surface area contributed by atoms with Crippen molar-refractivity contribution in [3.05, 3.63) is 47.5 Å². The van der Waals surface area contributed by atoms with Gasteiger partial charge in [-0.3, -0.25) is 0 Å². The van der Waals surface area contributed by atoms with Crippen LogP contribution in [0.3, 0.4) is 0 Å². The highest BCUT2D eigenvalue weighted by Gasteiger charge is 2.21. The minimum Gasteiger partial charge on any atom is -0.224 e. The second-order valence-corrected chi connectivity index (χ2v) is 9.51. The summed E-state index contributed by atoms with van der Waals surface area (Å²) in [6, 6.07) is 10.00. The Morgan fingerprint density at radius 1 is 0.636 bits per heavy atom. The summed E-state index contributed by atoms with van der Waals surface area (Å²) in [5.74, 6) is 0. The van der Waals surface area contributed by atoms with Crippen LogP contribution >= 0.6 is 0 Å². The van der Waals surface area contributed by atoms with E-state index in [2.05, 4.69) is 0 Å². The smallest absolute Gasteiger partial charge is 0.176 e. The molecule has 4 nitrogen and oxygen atoms in total. The lowest BCUT2D eigenvalue weighted by molar-refractivity contribution is 0.599. The number of rotatable bonds is 3. The van der Waals surface area contributed by atoms with Gasteiger partial charge in [-0.05, 0) is 37.1 Å². The molecule has 2 aromatic rings. The van der Waals surface area contributed by atoms with Gasteiger partial charge in [0.15, 0.2) is 19.7 Å². The molecule has 0 aliphatic carbocycles. The van der Waals surface area contributed by atoms with Crippen molar-refractivity contribution in [1.82, 2.24) is 0 Å². The van der Waals surface area contributed by atoms with Crippen molar-refractivity contribution in [1.29, 1.82) is 0 Å². The SMILES string of the molecule is Cc1ccc(-c2ccc(C)cc2S(C)(=O)=O)c(S(C)(=O)=O)c1. The van der Waals surface area contributed by atoms with E-state index in [0.29, 0.717) is 11.1 Å². The van der Waals surface area contributed by atoms with E-state index in [4.69, 9.17) is 0 Å². The van der Waals surface area contributed by atoms with Gasteiger partial charge in [-0.15, -0.1) is 0 Å². The van der Waals surface area contributed by atoms with Crippen LogP contribution in [0.25, 0.3) is 11.1 Å². The number of hydrogen-bond donors (Lipinski definition) is 0. The van der Waals surface area contributed by atoms with Crippen molar-refractivity contribution in [3.63, 3.8) is 0 Å². The highest BCUT2D eigenvalue weighted by Crippen LogP contribution is 2.33. The van der Waals surface area contributed by atoms with E-state index >= 15 is 0 Å². The second kappa shape index (κ2) is 5.52. The third kappa shape index (κ3) is 3.39. The van der Waals surface area contributed by atoms with E-state index in [0.717, 1.165) is 23.6 Å². The van der Waals surface area contributed by atoms with E-state index < -0.39 is 19.7 Å². The zero-order valence-electron chi connectivity index (χ0n) is 12.9. The van der Waals surface area contributed by atoms with E-state index in [1.165, 1.54) is 0 Å². The van der Waals surface area contributed by atoms with Crippen LogP contribution in [0.4, 0.5) is 0 Å². The van der Waals surface area contributed by atoms with Gasteiger partial charge in [0.1, 0.15) is 0 Å². The number of aryl methyl sites for hydroxylation is 2. The Hall–Kier alpha value is -1.66. The number of benzene rings is 2. The van der Waals surface area contributed by atoms with Gasteiger partial charge in [0.05, 0.1) is 9.79 Å². The van der Waals surface area contributed by atoms with Crippen LogP contribution in [-0.4, -0.2) is 29.3 Å². The molecular weight excluding hydrogens is 320 g/mol. The van der Waals surface area contributed by atoms with Gasteiger partial charge in [-0.1, -0.05) is 24.3 Å². The third-order valence-corrected chi connectivity index (χ3v) is 5.64. The molecule has 0 unspecified atom stereocenters. The van der Waals surface area contributed by atoms with Crippen molar-refractivity contribution in [3.8, 4) is 11.1 Å². The van der Waals surface area contributed by atoms with Crippen LogP contribution in [0.2, 0.25) is 0 Å². The molecule has 0 saturated carbocycles. The first-order chi connectivity index (χ1) is 10.00. The van der Waals surface area contributed by atoms with Crippen molar-refractivity contribution in [2.75, 3.05) is 12.5 Å². The van der Waals surface area contributed by atoms with Crippen molar-refractivity contribution < 1.29 is 16.8 Å². The molecule has 2 aromatic carbocycles. The maximum atomic E-state index is 12.1. The standard InChI is InChI=1S/C16H18O4S2/c1-11-5-7-13(15(9-11)21(3,17)18)14-8-6-12(2)10-16(14)22(4,19)20/h5-10H,1-4H3. The molecule has 0 bridgehead atoms. The van der Waals surface area contributed by atoms with Gasteiger partial charge in [-0.2, -0.15) is 0 Å². The van der Waals surface area contributed by atoms with Crippen molar-refractivity contribution in [2.24, 2.45) is 0 Å². The molecule has 22 heavy (non-hydrogen) atoms. The lowest BCUT2D eigenvalue weighted by atomic mass is 10.0. The average molecular weight is 338 g/mol. The molecule has 0 aromatic heterocycles. The van der Waals surface area contributed by atoms with E-state index in [9.17, 15) is 16.8 Å².